The van der Waals surface area contributed by atoms with Gasteiger partial charge >= 0.3 is 18.6 Å². The average Bonchev–Trinajstić information content (AvgIpc) is 2.63. The van der Waals surface area contributed by atoms with Crippen LogP contribution in [-0.4, -0.2) is 24.2 Å². The van der Waals surface area contributed by atoms with Gasteiger partial charge in [0.15, 0.2) is 0 Å². The Morgan fingerprint density at radius 3 is 2.24 bits per heavy atom. The van der Waals surface area contributed by atoms with Crippen molar-refractivity contribution in [2.45, 2.75) is 32.0 Å². The van der Waals surface area contributed by atoms with E-state index in [0.29, 0.717) is 5.69 Å². The number of carbonyl (C=O) groups excluding carboxylic acids is 1. The SMILES string of the molecule is CC1(C)NC(=O)N(c2ccc(OC(F)(F)C(F)F)cc2)N1. The number of carbonyl (C=O) groups is 1. The monoisotopic (exact) mass is 307 g/mol. The van der Waals surface area contributed by atoms with E-state index in [0.717, 1.165) is 12.1 Å². The summed E-state index contributed by atoms with van der Waals surface area (Å²) in [5.74, 6) is -0.428. The molecule has 5 nitrogen and oxygen atoms in total. The van der Waals surface area contributed by atoms with Gasteiger partial charge in [-0.25, -0.2) is 15.2 Å². The summed E-state index contributed by atoms with van der Waals surface area (Å²) in [7, 11) is 0. The third-order valence-corrected chi connectivity index (χ3v) is 2.62. The largest absolute Gasteiger partial charge is 0.461 e. The van der Waals surface area contributed by atoms with E-state index < -0.39 is 30.0 Å². The Morgan fingerprint density at radius 2 is 1.81 bits per heavy atom. The van der Waals surface area contributed by atoms with Crippen molar-refractivity contribution in [2.75, 3.05) is 5.01 Å². The van der Waals surface area contributed by atoms with Crippen LogP contribution >= 0.6 is 0 Å². The van der Waals surface area contributed by atoms with Crippen LogP contribution in [0.2, 0.25) is 0 Å². The minimum absolute atomic E-state index is 0.353. The lowest BCUT2D eigenvalue weighted by Crippen LogP contribution is -2.45. The minimum Gasteiger partial charge on any atom is -0.428 e. The smallest absolute Gasteiger partial charge is 0.428 e. The summed E-state index contributed by atoms with van der Waals surface area (Å²) >= 11 is 0. The van der Waals surface area contributed by atoms with E-state index in [1.165, 1.54) is 17.1 Å². The first-order chi connectivity index (χ1) is 9.61. The summed E-state index contributed by atoms with van der Waals surface area (Å²) in [6.07, 6.45) is -8.49. The average molecular weight is 307 g/mol. The number of amides is 2. The van der Waals surface area contributed by atoms with E-state index in [-0.39, 0.29) is 0 Å². The first-order valence-corrected chi connectivity index (χ1v) is 5.96. The second-order valence-electron chi connectivity index (χ2n) is 4.96. The summed E-state index contributed by atoms with van der Waals surface area (Å²) in [5, 5.41) is 3.81. The van der Waals surface area contributed by atoms with Crippen molar-refractivity contribution in [2.24, 2.45) is 0 Å². The normalized spacial score (nSPS) is 18.0. The van der Waals surface area contributed by atoms with Crippen molar-refractivity contribution in [3.63, 3.8) is 0 Å². The first kappa shape index (κ1) is 15.4. The van der Waals surface area contributed by atoms with E-state index in [4.69, 9.17) is 0 Å². The van der Waals surface area contributed by atoms with Crippen molar-refractivity contribution in [1.29, 1.82) is 0 Å². The van der Waals surface area contributed by atoms with Crippen LogP contribution < -0.4 is 20.5 Å². The molecule has 0 spiro atoms. The van der Waals surface area contributed by atoms with Crippen molar-refractivity contribution < 1.29 is 27.1 Å². The van der Waals surface area contributed by atoms with Crippen LogP contribution in [0.15, 0.2) is 24.3 Å². The Kier molecular flexibility index (Phi) is 3.70. The van der Waals surface area contributed by atoms with Crippen LogP contribution in [0.5, 0.6) is 5.75 Å². The number of ether oxygens (including phenoxy) is 1. The van der Waals surface area contributed by atoms with Gasteiger partial charge in [0.1, 0.15) is 11.4 Å². The zero-order chi connectivity index (χ0) is 15.8. The zero-order valence-electron chi connectivity index (χ0n) is 11.2. The van der Waals surface area contributed by atoms with Gasteiger partial charge in [0.25, 0.3) is 0 Å². The highest BCUT2D eigenvalue weighted by atomic mass is 19.3. The number of hydrazine groups is 1. The first-order valence-electron chi connectivity index (χ1n) is 5.96. The van der Waals surface area contributed by atoms with Gasteiger partial charge < -0.3 is 10.1 Å². The van der Waals surface area contributed by atoms with Crippen LogP contribution in [-0.2, 0) is 0 Å². The predicted octanol–water partition coefficient (Wildman–Crippen LogP) is 2.69. The van der Waals surface area contributed by atoms with Crippen molar-refractivity contribution in [1.82, 2.24) is 10.7 Å². The molecule has 0 unspecified atom stereocenters. The molecule has 1 saturated heterocycles. The lowest BCUT2D eigenvalue weighted by molar-refractivity contribution is -0.253. The number of halogens is 4. The van der Waals surface area contributed by atoms with E-state index in [1.807, 2.05) is 0 Å². The molecule has 21 heavy (non-hydrogen) atoms. The van der Waals surface area contributed by atoms with Crippen molar-refractivity contribution in [3.05, 3.63) is 24.3 Å². The second kappa shape index (κ2) is 5.06. The predicted molar refractivity (Wildman–Crippen MR) is 66.2 cm³/mol. The van der Waals surface area contributed by atoms with Gasteiger partial charge in [-0.05, 0) is 38.1 Å². The number of urea groups is 1. The molecule has 1 heterocycles. The molecule has 1 aromatic carbocycles. The highest BCUT2D eigenvalue weighted by Gasteiger charge is 2.44. The summed E-state index contributed by atoms with van der Waals surface area (Å²) in [6, 6.07) is 4.32. The standard InChI is InChI=1S/C12H13F4N3O2/c1-11(2)17-10(20)19(18-11)7-3-5-8(6-4-7)21-12(15,16)9(13)14/h3-6,9,18H,1-2H3,(H,17,20). The number of rotatable bonds is 4. The van der Waals surface area contributed by atoms with E-state index in [9.17, 15) is 22.4 Å². The highest BCUT2D eigenvalue weighted by Crippen LogP contribution is 2.29. The lowest BCUT2D eigenvalue weighted by atomic mass is 10.3. The number of nitrogens with zero attached hydrogens (tertiary/aromatic N) is 1. The molecule has 1 aromatic rings. The third kappa shape index (κ3) is 3.35. The van der Waals surface area contributed by atoms with Gasteiger partial charge in [-0.3, -0.25) is 0 Å². The molecular weight excluding hydrogens is 294 g/mol. The lowest BCUT2D eigenvalue weighted by Gasteiger charge is -2.20. The fraction of sp³-hybridized carbons (Fsp3) is 0.417. The van der Waals surface area contributed by atoms with Crippen LogP contribution in [0.25, 0.3) is 0 Å². The molecule has 1 aliphatic rings. The van der Waals surface area contributed by atoms with E-state index in [2.05, 4.69) is 15.5 Å². The molecule has 1 aliphatic heterocycles. The van der Waals surface area contributed by atoms with Crippen LogP contribution in [0.3, 0.4) is 0 Å². The summed E-state index contributed by atoms with van der Waals surface area (Å²) in [4.78, 5) is 11.7. The molecule has 0 saturated carbocycles. The molecular formula is C12H13F4N3O2. The summed E-state index contributed by atoms with van der Waals surface area (Å²) in [6.45, 7) is 3.46. The molecule has 0 aromatic heterocycles. The number of anilines is 1. The molecule has 116 valence electrons. The van der Waals surface area contributed by atoms with E-state index >= 15 is 0 Å². The maximum Gasteiger partial charge on any atom is 0.461 e. The minimum atomic E-state index is -4.56. The number of hydrogen-bond donors (Lipinski definition) is 2. The Balaban J connectivity index is 2.11. The topological polar surface area (TPSA) is 53.6 Å². The molecule has 0 bridgehead atoms. The maximum atomic E-state index is 12.7. The number of nitrogens with one attached hydrogen (secondary N) is 2. The van der Waals surface area contributed by atoms with Crippen LogP contribution in [0, 0.1) is 0 Å². The van der Waals surface area contributed by atoms with E-state index in [1.54, 1.807) is 13.8 Å². The Morgan fingerprint density at radius 1 is 1.24 bits per heavy atom. The Labute approximate surface area is 117 Å². The van der Waals surface area contributed by atoms with Gasteiger partial charge in [0.05, 0.1) is 5.69 Å². The summed E-state index contributed by atoms with van der Waals surface area (Å²) < 4.78 is 53.4. The summed E-state index contributed by atoms with van der Waals surface area (Å²) in [5.41, 5.74) is 2.54. The third-order valence-electron chi connectivity index (χ3n) is 2.62. The number of hydrogen-bond acceptors (Lipinski definition) is 3. The fourth-order valence-electron chi connectivity index (χ4n) is 1.73. The molecule has 9 heteroatoms. The van der Waals surface area contributed by atoms with Gasteiger partial charge in [-0.2, -0.15) is 17.6 Å². The highest BCUT2D eigenvalue weighted by molar-refractivity contribution is 5.93. The number of benzene rings is 1. The van der Waals surface area contributed by atoms with Gasteiger partial charge in [-0.1, -0.05) is 0 Å². The molecule has 2 rings (SSSR count). The molecule has 2 N–H and O–H groups in total. The van der Waals surface area contributed by atoms with Gasteiger partial charge in [0, 0.05) is 0 Å². The second-order valence-corrected chi connectivity index (χ2v) is 4.96. The Bertz CT molecular complexity index is 534. The van der Waals surface area contributed by atoms with Gasteiger partial charge in [-0.15, -0.1) is 0 Å². The van der Waals surface area contributed by atoms with Gasteiger partial charge in [0.2, 0.25) is 0 Å². The number of alkyl halides is 4. The molecule has 2 amide bonds. The maximum absolute atomic E-state index is 12.7. The molecule has 0 aliphatic carbocycles. The Hall–Kier alpha value is -2.03. The van der Waals surface area contributed by atoms with Crippen molar-refractivity contribution in [3.8, 4) is 5.75 Å². The zero-order valence-corrected chi connectivity index (χ0v) is 11.2. The molecule has 1 fully saturated rings. The van der Waals surface area contributed by atoms with Crippen LogP contribution in [0.4, 0.5) is 28.0 Å². The quantitative estimate of drug-likeness (QED) is 0.841. The molecule has 0 atom stereocenters. The molecule has 0 radical (unpaired) electrons. The van der Waals surface area contributed by atoms with Crippen molar-refractivity contribution >= 4 is 11.7 Å². The van der Waals surface area contributed by atoms with Crippen LogP contribution in [0.1, 0.15) is 13.8 Å². The fourth-order valence-corrected chi connectivity index (χ4v) is 1.73.